The zero-order valence-corrected chi connectivity index (χ0v) is 10.5. The second-order valence-electron chi connectivity index (χ2n) is 3.88. The molecule has 0 fully saturated rings. The van der Waals surface area contributed by atoms with Gasteiger partial charge in [0, 0.05) is 23.0 Å². The van der Waals surface area contributed by atoms with E-state index in [1.165, 1.54) is 0 Å². The number of halogens is 1. The van der Waals surface area contributed by atoms with Gasteiger partial charge in [0.25, 0.3) is 5.91 Å². The van der Waals surface area contributed by atoms with Gasteiger partial charge in [-0.1, -0.05) is 11.6 Å². The summed E-state index contributed by atoms with van der Waals surface area (Å²) in [5.74, 6) is -0.219. The Kier molecular flexibility index (Phi) is 3.48. The maximum Gasteiger partial charge on any atom is 0.256 e. The monoisotopic (exact) mass is 261 g/mol. The molecule has 18 heavy (non-hydrogen) atoms. The van der Waals surface area contributed by atoms with Crippen molar-refractivity contribution in [2.45, 2.75) is 6.92 Å². The zero-order chi connectivity index (χ0) is 13.1. The van der Waals surface area contributed by atoms with Crippen LogP contribution in [0.2, 0.25) is 5.02 Å². The maximum atomic E-state index is 12.0. The minimum Gasteiger partial charge on any atom is -0.397 e. The van der Waals surface area contributed by atoms with Crippen LogP contribution < -0.4 is 11.1 Å². The number of nitrogens with two attached hydrogens (primary N) is 1. The molecule has 2 rings (SSSR count). The molecule has 0 saturated heterocycles. The van der Waals surface area contributed by atoms with Crippen molar-refractivity contribution < 1.29 is 4.79 Å². The summed E-state index contributed by atoms with van der Waals surface area (Å²) in [6, 6.07) is 6.60. The third-order valence-corrected chi connectivity index (χ3v) is 2.76. The molecule has 92 valence electrons. The van der Waals surface area contributed by atoms with Crippen LogP contribution in [0.1, 0.15) is 15.9 Å². The molecule has 1 amide bonds. The number of nitrogen functional groups attached to an aromatic ring is 1. The summed E-state index contributed by atoms with van der Waals surface area (Å²) in [6.45, 7) is 1.83. The topological polar surface area (TPSA) is 68.0 Å². The zero-order valence-electron chi connectivity index (χ0n) is 9.77. The molecule has 1 aromatic heterocycles. The average Bonchev–Trinajstić information content (AvgIpc) is 2.33. The fraction of sp³-hybridized carbons (Fsp3) is 0.0769. The largest absolute Gasteiger partial charge is 0.397 e. The minimum absolute atomic E-state index is 0.219. The Labute approximate surface area is 110 Å². The second-order valence-corrected chi connectivity index (χ2v) is 4.31. The summed E-state index contributed by atoms with van der Waals surface area (Å²) in [5, 5.41) is 3.28. The number of pyridine rings is 1. The van der Waals surface area contributed by atoms with E-state index in [-0.39, 0.29) is 5.91 Å². The van der Waals surface area contributed by atoms with Crippen molar-refractivity contribution in [1.29, 1.82) is 0 Å². The Morgan fingerprint density at radius 2 is 2.17 bits per heavy atom. The lowest BCUT2D eigenvalue weighted by atomic mass is 10.1. The molecule has 1 aromatic carbocycles. The van der Waals surface area contributed by atoms with E-state index in [0.29, 0.717) is 22.0 Å². The van der Waals surface area contributed by atoms with Gasteiger partial charge >= 0.3 is 0 Å². The number of carbonyl (C=O) groups is 1. The summed E-state index contributed by atoms with van der Waals surface area (Å²) in [7, 11) is 0. The van der Waals surface area contributed by atoms with Crippen molar-refractivity contribution >= 4 is 28.9 Å². The first-order chi connectivity index (χ1) is 8.58. The number of hydrogen-bond acceptors (Lipinski definition) is 3. The van der Waals surface area contributed by atoms with Crippen LogP contribution in [0, 0.1) is 6.92 Å². The first-order valence-electron chi connectivity index (χ1n) is 5.35. The predicted octanol–water partition coefficient (Wildman–Crippen LogP) is 2.88. The number of carbonyl (C=O) groups excluding carboxylic acids is 1. The molecule has 0 radical (unpaired) electrons. The smallest absolute Gasteiger partial charge is 0.256 e. The summed E-state index contributed by atoms with van der Waals surface area (Å²) < 4.78 is 0. The number of nitrogens with one attached hydrogen (secondary N) is 1. The number of aromatic nitrogens is 1. The first-order valence-corrected chi connectivity index (χ1v) is 5.72. The number of aryl methyl sites for hydroxylation is 1. The van der Waals surface area contributed by atoms with Gasteiger partial charge in [-0.2, -0.15) is 0 Å². The lowest BCUT2D eigenvalue weighted by Crippen LogP contribution is -2.14. The number of nitrogens with zero attached hydrogens (tertiary/aromatic N) is 1. The van der Waals surface area contributed by atoms with Crippen LogP contribution in [-0.4, -0.2) is 10.9 Å². The number of hydrogen-bond donors (Lipinski definition) is 2. The summed E-state index contributed by atoms with van der Waals surface area (Å²) in [4.78, 5) is 16.0. The number of anilines is 2. The number of benzene rings is 1. The molecule has 0 aliphatic heterocycles. The molecular formula is C13H12ClN3O. The summed E-state index contributed by atoms with van der Waals surface area (Å²) in [5.41, 5.74) is 8.13. The van der Waals surface area contributed by atoms with E-state index in [9.17, 15) is 4.79 Å². The Hall–Kier alpha value is -2.07. The Bertz CT molecular complexity index is 599. The summed E-state index contributed by atoms with van der Waals surface area (Å²) in [6.07, 6.45) is 3.22. The molecule has 0 unspecified atom stereocenters. The van der Waals surface area contributed by atoms with Crippen LogP contribution in [0.5, 0.6) is 0 Å². The third kappa shape index (κ3) is 2.60. The SMILES string of the molecule is Cc1cnccc1C(=O)Nc1ccc(Cl)cc1N. The molecule has 1 heterocycles. The van der Waals surface area contributed by atoms with Crippen molar-refractivity contribution in [3.63, 3.8) is 0 Å². The molecule has 3 N–H and O–H groups in total. The van der Waals surface area contributed by atoms with E-state index in [4.69, 9.17) is 17.3 Å². The number of amides is 1. The van der Waals surface area contributed by atoms with Crippen LogP contribution in [0.25, 0.3) is 0 Å². The average molecular weight is 262 g/mol. The number of rotatable bonds is 2. The van der Waals surface area contributed by atoms with Gasteiger partial charge in [-0.25, -0.2) is 0 Å². The molecule has 0 spiro atoms. The molecule has 0 aliphatic rings. The fourth-order valence-electron chi connectivity index (χ4n) is 1.57. The molecule has 2 aromatic rings. The van der Waals surface area contributed by atoms with Crippen molar-refractivity contribution in [3.8, 4) is 0 Å². The fourth-order valence-corrected chi connectivity index (χ4v) is 1.75. The highest BCUT2D eigenvalue weighted by atomic mass is 35.5. The van der Waals surface area contributed by atoms with E-state index in [0.717, 1.165) is 5.56 Å². The molecule has 5 heteroatoms. The molecular weight excluding hydrogens is 250 g/mol. The van der Waals surface area contributed by atoms with Crippen LogP contribution in [0.4, 0.5) is 11.4 Å². The third-order valence-electron chi connectivity index (χ3n) is 2.53. The lowest BCUT2D eigenvalue weighted by Gasteiger charge is -2.09. The van der Waals surface area contributed by atoms with Crippen LogP contribution in [-0.2, 0) is 0 Å². The van der Waals surface area contributed by atoms with Gasteiger partial charge < -0.3 is 11.1 Å². The van der Waals surface area contributed by atoms with Gasteiger partial charge in [0.2, 0.25) is 0 Å². The van der Waals surface area contributed by atoms with Gasteiger partial charge in [0.1, 0.15) is 0 Å². The van der Waals surface area contributed by atoms with Gasteiger partial charge in [-0.3, -0.25) is 9.78 Å². The van der Waals surface area contributed by atoms with Gasteiger partial charge in [0.05, 0.1) is 11.4 Å². The van der Waals surface area contributed by atoms with Crippen LogP contribution >= 0.6 is 11.6 Å². The second kappa shape index (κ2) is 5.06. The lowest BCUT2D eigenvalue weighted by molar-refractivity contribution is 0.102. The van der Waals surface area contributed by atoms with Gasteiger partial charge in [-0.15, -0.1) is 0 Å². The van der Waals surface area contributed by atoms with E-state index in [1.807, 2.05) is 6.92 Å². The van der Waals surface area contributed by atoms with E-state index < -0.39 is 0 Å². The standard InChI is InChI=1S/C13H12ClN3O/c1-8-7-16-5-4-10(8)13(18)17-12-3-2-9(14)6-11(12)15/h2-7H,15H2,1H3,(H,17,18). The highest BCUT2D eigenvalue weighted by molar-refractivity contribution is 6.31. The quantitative estimate of drug-likeness (QED) is 0.817. The highest BCUT2D eigenvalue weighted by Crippen LogP contribution is 2.23. The molecule has 0 bridgehead atoms. The van der Waals surface area contributed by atoms with Crippen LogP contribution in [0.15, 0.2) is 36.7 Å². The normalized spacial score (nSPS) is 10.1. The Morgan fingerprint density at radius 1 is 1.39 bits per heavy atom. The van der Waals surface area contributed by atoms with Crippen molar-refractivity contribution in [3.05, 3.63) is 52.8 Å². The molecule has 0 saturated carbocycles. The van der Waals surface area contributed by atoms with E-state index in [1.54, 1.807) is 36.7 Å². The van der Waals surface area contributed by atoms with Crippen molar-refractivity contribution in [2.75, 3.05) is 11.1 Å². The minimum atomic E-state index is -0.219. The van der Waals surface area contributed by atoms with Crippen LogP contribution in [0.3, 0.4) is 0 Å². The van der Waals surface area contributed by atoms with Gasteiger partial charge in [-0.05, 0) is 36.8 Å². The van der Waals surface area contributed by atoms with Gasteiger partial charge in [0.15, 0.2) is 0 Å². The van der Waals surface area contributed by atoms with E-state index in [2.05, 4.69) is 10.3 Å². The maximum absolute atomic E-state index is 12.0. The van der Waals surface area contributed by atoms with E-state index >= 15 is 0 Å². The Morgan fingerprint density at radius 3 is 2.83 bits per heavy atom. The van der Waals surface area contributed by atoms with Crippen molar-refractivity contribution in [1.82, 2.24) is 4.98 Å². The Balaban J connectivity index is 2.24. The highest BCUT2D eigenvalue weighted by Gasteiger charge is 2.10. The molecule has 0 atom stereocenters. The molecule has 4 nitrogen and oxygen atoms in total. The van der Waals surface area contributed by atoms with Crippen molar-refractivity contribution in [2.24, 2.45) is 0 Å². The molecule has 0 aliphatic carbocycles. The summed E-state index contributed by atoms with van der Waals surface area (Å²) >= 11 is 5.79. The first kappa shape index (κ1) is 12.4. The predicted molar refractivity (Wildman–Crippen MR) is 72.8 cm³/mol.